The van der Waals surface area contributed by atoms with Crippen molar-refractivity contribution in [3.05, 3.63) is 23.8 Å². The average molecular weight is 354 g/mol. The molecule has 2 rings (SSSR count). The predicted octanol–water partition coefficient (Wildman–Crippen LogP) is 0.665. The molecule has 0 saturated carbocycles. The van der Waals surface area contributed by atoms with Gasteiger partial charge in [0.1, 0.15) is 12.4 Å². The molecule has 7 heteroatoms. The van der Waals surface area contributed by atoms with Crippen LogP contribution in [0.2, 0.25) is 0 Å². The summed E-state index contributed by atoms with van der Waals surface area (Å²) in [5, 5.41) is 15.8. The van der Waals surface area contributed by atoms with Crippen molar-refractivity contribution < 1.29 is 24.1 Å². The van der Waals surface area contributed by atoms with Gasteiger partial charge in [-0.1, -0.05) is 6.07 Å². The lowest BCUT2D eigenvalue weighted by atomic mass is 10.1. The fraction of sp³-hybridized carbons (Fsp3) is 0.667. The summed E-state index contributed by atoms with van der Waals surface area (Å²) in [6.45, 7) is 6.49. The van der Waals surface area contributed by atoms with Crippen LogP contribution in [0.15, 0.2) is 18.2 Å². The Morgan fingerprint density at radius 1 is 0.840 bits per heavy atom. The largest absolute Gasteiger partial charge is 0.490 e. The van der Waals surface area contributed by atoms with E-state index in [1.54, 1.807) is 0 Å². The molecule has 0 atom stereocenters. The summed E-state index contributed by atoms with van der Waals surface area (Å²) < 4.78 is 22.4. The molecule has 25 heavy (non-hydrogen) atoms. The van der Waals surface area contributed by atoms with Gasteiger partial charge in [0.2, 0.25) is 0 Å². The van der Waals surface area contributed by atoms with Gasteiger partial charge in [0.05, 0.1) is 45.3 Å². The highest BCUT2D eigenvalue weighted by molar-refractivity contribution is 5.57. The number of nitrogens with one attached hydrogen (secondary N) is 2. The lowest BCUT2D eigenvalue weighted by molar-refractivity contribution is 0.0169. The third-order valence-corrected chi connectivity index (χ3v) is 3.71. The second-order valence-corrected chi connectivity index (χ2v) is 5.67. The zero-order valence-corrected chi connectivity index (χ0v) is 14.8. The molecule has 142 valence electrons. The van der Waals surface area contributed by atoms with E-state index in [2.05, 4.69) is 10.6 Å². The monoisotopic (exact) mass is 354 g/mol. The van der Waals surface area contributed by atoms with Crippen LogP contribution < -0.4 is 15.4 Å². The van der Waals surface area contributed by atoms with Crippen molar-refractivity contribution in [2.75, 3.05) is 77.8 Å². The molecule has 0 radical (unpaired) electrons. The molecule has 3 N–H and O–H groups in total. The summed E-state index contributed by atoms with van der Waals surface area (Å²) >= 11 is 0. The molecule has 0 fully saturated rings. The van der Waals surface area contributed by atoms with Gasteiger partial charge in [-0.3, -0.25) is 0 Å². The first-order chi connectivity index (χ1) is 12.4. The molecular formula is C18H30N2O5. The van der Waals surface area contributed by atoms with Crippen molar-refractivity contribution in [1.29, 1.82) is 0 Å². The molecule has 0 saturated heterocycles. The fourth-order valence-corrected chi connectivity index (χ4v) is 2.42. The molecule has 0 aromatic heterocycles. The summed E-state index contributed by atoms with van der Waals surface area (Å²) in [6, 6.07) is 5.97. The Balaban J connectivity index is 1.89. The number of aliphatic hydroxyl groups is 1. The molecule has 1 aromatic rings. The van der Waals surface area contributed by atoms with Gasteiger partial charge in [-0.2, -0.15) is 0 Å². The Morgan fingerprint density at radius 2 is 1.52 bits per heavy atom. The van der Waals surface area contributed by atoms with Crippen molar-refractivity contribution in [3.63, 3.8) is 0 Å². The molecule has 0 unspecified atom stereocenters. The highest BCUT2D eigenvalue weighted by Crippen LogP contribution is 2.26. The van der Waals surface area contributed by atoms with Crippen molar-refractivity contribution in [1.82, 2.24) is 5.32 Å². The number of hydrogen-bond donors (Lipinski definition) is 3. The van der Waals surface area contributed by atoms with Gasteiger partial charge in [0.25, 0.3) is 0 Å². The van der Waals surface area contributed by atoms with E-state index in [0.29, 0.717) is 59.2 Å². The predicted molar refractivity (Wildman–Crippen MR) is 96.5 cm³/mol. The van der Waals surface area contributed by atoms with Crippen LogP contribution in [-0.4, -0.2) is 77.6 Å². The minimum atomic E-state index is 0.129. The lowest BCUT2D eigenvalue weighted by Gasteiger charge is -2.16. The molecule has 0 bridgehead atoms. The second-order valence-electron chi connectivity index (χ2n) is 5.67. The van der Waals surface area contributed by atoms with Crippen LogP contribution >= 0.6 is 0 Å². The molecule has 1 heterocycles. The van der Waals surface area contributed by atoms with E-state index in [4.69, 9.17) is 24.1 Å². The number of anilines is 1. The zero-order chi connectivity index (χ0) is 17.6. The Kier molecular flexibility index (Phi) is 10.3. The molecule has 1 aliphatic rings. The third kappa shape index (κ3) is 8.51. The fourth-order valence-electron chi connectivity index (χ4n) is 2.42. The lowest BCUT2D eigenvalue weighted by Crippen LogP contribution is -2.26. The van der Waals surface area contributed by atoms with Crippen LogP contribution in [0.4, 0.5) is 5.69 Å². The zero-order valence-electron chi connectivity index (χ0n) is 14.8. The van der Waals surface area contributed by atoms with Gasteiger partial charge in [-0.15, -0.1) is 0 Å². The van der Waals surface area contributed by atoms with E-state index in [1.165, 1.54) is 0 Å². The Bertz CT molecular complexity index is 473. The van der Waals surface area contributed by atoms with Gasteiger partial charge < -0.3 is 34.7 Å². The molecule has 0 aliphatic carbocycles. The van der Waals surface area contributed by atoms with E-state index in [1.807, 2.05) is 18.2 Å². The first-order valence-electron chi connectivity index (χ1n) is 8.94. The van der Waals surface area contributed by atoms with Gasteiger partial charge >= 0.3 is 0 Å². The van der Waals surface area contributed by atoms with Gasteiger partial charge in [0.15, 0.2) is 0 Å². The minimum absolute atomic E-state index is 0.129. The molecule has 1 aliphatic heterocycles. The van der Waals surface area contributed by atoms with E-state index >= 15 is 0 Å². The quantitative estimate of drug-likeness (QED) is 0.720. The maximum absolute atomic E-state index is 9.12. The number of aliphatic hydroxyl groups excluding tert-OH is 1. The van der Waals surface area contributed by atoms with Gasteiger partial charge in [-0.25, -0.2) is 0 Å². The molecule has 0 amide bonds. The molecular weight excluding hydrogens is 324 g/mol. The maximum Gasteiger partial charge on any atom is 0.142 e. The van der Waals surface area contributed by atoms with Gasteiger partial charge in [-0.05, 0) is 24.1 Å². The van der Waals surface area contributed by atoms with Crippen molar-refractivity contribution >= 4 is 5.69 Å². The van der Waals surface area contributed by atoms with Crippen LogP contribution in [0.1, 0.15) is 5.56 Å². The van der Waals surface area contributed by atoms with Crippen LogP contribution in [-0.2, 0) is 20.6 Å². The van der Waals surface area contributed by atoms with E-state index in [9.17, 15) is 0 Å². The topological polar surface area (TPSA) is 81.2 Å². The van der Waals surface area contributed by atoms with E-state index in [-0.39, 0.29) is 6.61 Å². The van der Waals surface area contributed by atoms with Crippen LogP contribution in [0.3, 0.4) is 0 Å². The number of fused-ring (bicyclic) bond motifs is 1. The Hall–Kier alpha value is -1.38. The first kappa shape index (κ1) is 19.9. The first-order valence-corrected chi connectivity index (χ1v) is 8.94. The normalized spacial score (nSPS) is 18.9. The number of benzene rings is 1. The smallest absolute Gasteiger partial charge is 0.142 e. The Morgan fingerprint density at radius 3 is 2.28 bits per heavy atom. The average Bonchev–Trinajstić information content (AvgIpc) is 2.62. The van der Waals surface area contributed by atoms with Crippen LogP contribution in [0.5, 0.6) is 5.75 Å². The van der Waals surface area contributed by atoms with Crippen LogP contribution in [0.25, 0.3) is 0 Å². The highest BCUT2D eigenvalue weighted by atomic mass is 16.5. The molecule has 0 spiro atoms. The summed E-state index contributed by atoms with van der Waals surface area (Å²) in [6.07, 6.45) is 0.620. The Labute approximate surface area is 149 Å². The van der Waals surface area contributed by atoms with Crippen molar-refractivity contribution in [3.8, 4) is 5.75 Å². The number of ether oxygens (including phenoxy) is 4. The maximum atomic E-state index is 9.12. The molecule has 1 aromatic carbocycles. The summed E-state index contributed by atoms with van der Waals surface area (Å²) in [7, 11) is 0. The summed E-state index contributed by atoms with van der Waals surface area (Å²) in [4.78, 5) is 0. The highest BCUT2D eigenvalue weighted by Gasteiger charge is 2.06. The third-order valence-electron chi connectivity index (χ3n) is 3.71. The number of hydrogen-bond acceptors (Lipinski definition) is 7. The standard InChI is InChI=1S/C18H30N2O5/c21-7-3-16-1-2-17-18(15-16)25-10-5-19-4-8-22-11-13-24-14-12-23-9-6-20-17/h1-2,15,19-21H,3-14H2. The summed E-state index contributed by atoms with van der Waals surface area (Å²) in [5.74, 6) is 0.799. The molecule has 7 nitrogen and oxygen atoms in total. The van der Waals surface area contributed by atoms with Crippen molar-refractivity contribution in [2.45, 2.75) is 6.42 Å². The SMILES string of the molecule is OCCc1ccc2c(c1)OCCNCCOCCOCCOCCN2. The van der Waals surface area contributed by atoms with E-state index in [0.717, 1.165) is 30.1 Å². The number of rotatable bonds is 2. The second kappa shape index (κ2) is 12.9. The van der Waals surface area contributed by atoms with Crippen molar-refractivity contribution in [2.24, 2.45) is 0 Å². The minimum Gasteiger partial charge on any atom is -0.490 e. The van der Waals surface area contributed by atoms with E-state index < -0.39 is 0 Å². The van der Waals surface area contributed by atoms with Gasteiger partial charge in [0, 0.05) is 26.2 Å². The van der Waals surface area contributed by atoms with Crippen LogP contribution in [0, 0.1) is 0 Å². The summed E-state index contributed by atoms with van der Waals surface area (Å²) in [5.41, 5.74) is 1.99.